The van der Waals surface area contributed by atoms with Gasteiger partial charge in [0.25, 0.3) is 10.0 Å². The summed E-state index contributed by atoms with van der Waals surface area (Å²) in [6.07, 6.45) is 1.79. The van der Waals surface area contributed by atoms with Crippen LogP contribution >= 0.6 is 0 Å². The van der Waals surface area contributed by atoms with E-state index in [-0.39, 0.29) is 4.90 Å². The summed E-state index contributed by atoms with van der Waals surface area (Å²) in [7, 11) is -0.564. The van der Waals surface area contributed by atoms with E-state index < -0.39 is 10.0 Å². The van der Waals surface area contributed by atoms with Gasteiger partial charge in [-0.15, -0.1) is 0 Å². The molecule has 0 unspecified atom stereocenters. The number of sulfonamides is 1. The first-order valence-electron chi connectivity index (χ1n) is 7.81. The summed E-state index contributed by atoms with van der Waals surface area (Å²) in [5.74, 6) is 0.626. The van der Waals surface area contributed by atoms with Crippen molar-refractivity contribution < 1.29 is 13.2 Å². The molecule has 3 aromatic rings. The zero-order valence-electron chi connectivity index (χ0n) is 14.4. The van der Waals surface area contributed by atoms with Crippen molar-refractivity contribution >= 4 is 15.7 Å². The van der Waals surface area contributed by atoms with Crippen LogP contribution in [-0.2, 0) is 10.0 Å². The molecule has 3 rings (SSSR count). The maximum absolute atomic E-state index is 13.1. The monoisotopic (exact) mass is 356 g/mol. The van der Waals surface area contributed by atoms with Crippen LogP contribution in [0.4, 0.5) is 5.69 Å². The fourth-order valence-electron chi connectivity index (χ4n) is 2.74. The highest BCUT2D eigenvalue weighted by Crippen LogP contribution is 2.35. The second-order valence-electron chi connectivity index (χ2n) is 5.71. The predicted molar refractivity (Wildman–Crippen MR) is 99.5 cm³/mol. The summed E-state index contributed by atoms with van der Waals surface area (Å²) < 4.78 is 33.0. The largest absolute Gasteiger partial charge is 0.496 e. The molecule has 1 N–H and O–H groups in total. The summed E-state index contributed by atoms with van der Waals surface area (Å²) in [6, 6.07) is 16.2. The van der Waals surface area contributed by atoms with Crippen molar-refractivity contribution in [2.45, 2.75) is 11.8 Å². The SMILES string of the molecule is COc1cc(C)c(S(=O)(=O)N(C)c2ccccc2)cc1-c1ccc[nH]1. The molecule has 0 aliphatic heterocycles. The van der Waals surface area contributed by atoms with Gasteiger partial charge in [-0.05, 0) is 48.9 Å². The molecule has 0 aliphatic rings. The van der Waals surface area contributed by atoms with E-state index >= 15 is 0 Å². The Balaban J connectivity index is 2.15. The first-order valence-corrected chi connectivity index (χ1v) is 9.25. The Kier molecular flexibility index (Phi) is 4.55. The number of methoxy groups -OCH3 is 1. The molecule has 0 aliphatic carbocycles. The van der Waals surface area contributed by atoms with Gasteiger partial charge in [0.05, 0.1) is 17.7 Å². The molecule has 5 nitrogen and oxygen atoms in total. The van der Waals surface area contributed by atoms with E-state index in [0.29, 0.717) is 22.6 Å². The van der Waals surface area contributed by atoms with E-state index in [9.17, 15) is 8.42 Å². The Morgan fingerprint density at radius 1 is 1.04 bits per heavy atom. The molecule has 0 amide bonds. The van der Waals surface area contributed by atoms with Gasteiger partial charge in [0.15, 0.2) is 0 Å². The molecule has 25 heavy (non-hydrogen) atoms. The summed E-state index contributed by atoms with van der Waals surface area (Å²) in [5, 5.41) is 0. The Hall–Kier alpha value is -2.73. The van der Waals surface area contributed by atoms with Gasteiger partial charge in [0.2, 0.25) is 0 Å². The number of aryl methyl sites for hydroxylation is 1. The summed E-state index contributed by atoms with van der Waals surface area (Å²) in [4.78, 5) is 3.35. The quantitative estimate of drug-likeness (QED) is 0.756. The van der Waals surface area contributed by atoms with Crippen LogP contribution in [0, 0.1) is 6.92 Å². The zero-order valence-corrected chi connectivity index (χ0v) is 15.2. The van der Waals surface area contributed by atoms with E-state index in [2.05, 4.69) is 4.98 Å². The van der Waals surface area contributed by atoms with E-state index in [0.717, 1.165) is 5.69 Å². The summed E-state index contributed by atoms with van der Waals surface area (Å²) >= 11 is 0. The lowest BCUT2D eigenvalue weighted by Gasteiger charge is -2.22. The number of aromatic amines is 1. The lowest BCUT2D eigenvalue weighted by molar-refractivity contribution is 0.415. The molecule has 0 saturated carbocycles. The molecule has 1 aromatic heterocycles. The number of para-hydroxylation sites is 1. The molecule has 2 aromatic carbocycles. The first-order chi connectivity index (χ1) is 11.9. The topological polar surface area (TPSA) is 62.4 Å². The van der Waals surface area contributed by atoms with Crippen LogP contribution in [0.3, 0.4) is 0 Å². The van der Waals surface area contributed by atoms with Crippen LogP contribution < -0.4 is 9.04 Å². The highest BCUT2D eigenvalue weighted by atomic mass is 32.2. The first kappa shape index (κ1) is 17.1. The van der Waals surface area contributed by atoms with Crippen molar-refractivity contribution in [3.63, 3.8) is 0 Å². The molecule has 0 saturated heterocycles. The number of nitrogens with zero attached hydrogens (tertiary/aromatic N) is 1. The normalized spacial score (nSPS) is 11.3. The molecule has 0 radical (unpaired) electrons. The number of aromatic nitrogens is 1. The van der Waals surface area contributed by atoms with Gasteiger partial charge in [0.1, 0.15) is 5.75 Å². The molecular weight excluding hydrogens is 336 g/mol. The maximum Gasteiger partial charge on any atom is 0.264 e. The molecule has 0 spiro atoms. The minimum atomic E-state index is -3.70. The third-order valence-corrected chi connectivity index (χ3v) is 6.07. The minimum Gasteiger partial charge on any atom is -0.496 e. The van der Waals surface area contributed by atoms with Crippen LogP contribution in [-0.4, -0.2) is 27.6 Å². The molecule has 1 heterocycles. The molecule has 0 atom stereocenters. The third kappa shape index (κ3) is 3.13. The Morgan fingerprint density at radius 3 is 2.36 bits per heavy atom. The van der Waals surface area contributed by atoms with Crippen molar-refractivity contribution in [3.8, 4) is 17.0 Å². The second kappa shape index (κ2) is 6.64. The predicted octanol–water partition coefficient (Wildman–Crippen LogP) is 3.82. The van der Waals surface area contributed by atoms with Crippen molar-refractivity contribution in [3.05, 3.63) is 66.4 Å². The molecule has 130 valence electrons. The number of H-pyrrole nitrogens is 1. The average Bonchev–Trinajstić information content (AvgIpc) is 3.15. The van der Waals surface area contributed by atoms with Gasteiger partial charge >= 0.3 is 0 Å². The van der Waals surface area contributed by atoms with Gasteiger partial charge < -0.3 is 9.72 Å². The van der Waals surface area contributed by atoms with Gasteiger partial charge in [-0.1, -0.05) is 18.2 Å². The van der Waals surface area contributed by atoms with Gasteiger partial charge in [-0.2, -0.15) is 0 Å². The van der Waals surface area contributed by atoms with Crippen molar-refractivity contribution in [1.82, 2.24) is 4.98 Å². The number of ether oxygens (including phenoxy) is 1. The van der Waals surface area contributed by atoms with Gasteiger partial charge in [-0.25, -0.2) is 8.42 Å². The number of benzene rings is 2. The van der Waals surface area contributed by atoms with Crippen LogP contribution in [0.2, 0.25) is 0 Å². The fraction of sp³-hybridized carbons (Fsp3) is 0.158. The lowest BCUT2D eigenvalue weighted by atomic mass is 10.1. The zero-order chi connectivity index (χ0) is 18.0. The standard InChI is InChI=1S/C19H20N2O3S/c1-14-12-18(24-3)16(17-10-7-11-20-17)13-19(14)25(22,23)21(2)15-8-5-4-6-9-15/h4-13,20H,1-3H3. The lowest BCUT2D eigenvalue weighted by Crippen LogP contribution is -2.27. The fourth-order valence-corrected chi connectivity index (χ4v) is 4.17. The second-order valence-corrected chi connectivity index (χ2v) is 7.65. The molecular formula is C19H20N2O3S. The maximum atomic E-state index is 13.1. The third-order valence-electron chi connectivity index (χ3n) is 4.14. The Bertz CT molecular complexity index is 965. The van der Waals surface area contributed by atoms with Gasteiger partial charge in [-0.3, -0.25) is 4.31 Å². The van der Waals surface area contributed by atoms with Crippen LogP contribution in [0.1, 0.15) is 5.56 Å². The highest BCUT2D eigenvalue weighted by molar-refractivity contribution is 7.92. The van der Waals surface area contributed by atoms with Crippen molar-refractivity contribution in [1.29, 1.82) is 0 Å². The van der Waals surface area contributed by atoms with Crippen LogP contribution in [0.25, 0.3) is 11.3 Å². The van der Waals surface area contributed by atoms with Crippen molar-refractivity contribution in [2.24, 2.45) is 0 Å². The minimum absolute atomic E-state index is 0.254. The molecule has 6 heteroatoms. The number of rotatable bonds is 5. The highest BCUT2D eigenvalue weighted by Gasteiger charge is 2.25. The summed E-state index contributed by atoms with van der Waals surface area (Å²) in [6.45, 7) is 1.77. The van der Waals surface area contributed by atoms with E-state index in [1.807, 2.05) is 30.3 Å². The van der Waals surface area contributed by atoms with E-state index in [1.165, 1.54) is 4.31 Å². The van der Waals surface area contributed by atoms with Crippen molar-refractivity contribution in [2.75, 3.05) is 18.5 Å². The van der Waals surface area contributed by atoms with Crippen LogP contribution in [0.15, 0.2) is 65.7 Å². The number of nitrogens with one attached hydrogen (secondary N) is 1. The molecule has 0 bridgehead atoms. The Morgan fingerprint density at radius 2 is 1.76 bits per heavy atom. The smallest absolute Gasteiger partial charge is 0.264 e. The van der Waals surface area contributed by atoms with Gasteiger partial charge in [0, 0.05) is 24.5 Å². The Labute approximate surface area is 147 Å². The summed E-state index contributed by atoms with van der Waals surface area (Å²) in [5.41, 5.74) is 2.75. The average molecular weight is 356 g/mol. The van der Waals surface area contributed by atoms with E-state index in [4.69, 9.17) is 4.74 Å². The van der Waals surface area contributed by atoms with Crippen LogP contribution in [0.5, 0.6) is 5.75 Å². The molecule has 0 fully saturated rings. The van der Waals surface area contributed by atoms with E-state index in [1.54, 1.807) is 51.5 Å². The number of anilines is 1. The number of hydrogen-bond donors (Lipinski definition) is 1. The number of hydrogen-bond acceptors (Lipinski definition) is 3.